The Kier molecular flexibility index (Phi) is 3.83. The average molecular weight is 387 g/mol. The van der Waals surface area contributed by atoms with Crippen molar-refractivity contribution < 1.29 is 9.13 Å². The van der Waals surface area contributed by atoms with Crippen LogP contribution in [-0.2, 0) is 0 Å². The Labute approximate surface area is 163 Å². The molecule has 29 heavy (non-hydrogen) atoms. The first-order chi connectivity index (χ1) is 14.1. The summed E-state index contributed by atoms with van der Waals surface area (Å²) in [7, 11) is 1.56. The maximum atomic E-state index is 13.3. The van der Waals surface area contributed by atoms with Crippen molar-refractivity contribution >= 4 is 21.9 Å². The molecule has 5 aromatic rings. The minimum Gasteiger partial charge on any atom is -0.481 e. The minimum atomic E-state index is -0.352. The van der Waals surface area contributed by atoms with Gasteiger partial charge in [0.05, 0.1) is 18.3 Å². The highest BCUT2D eigenvalue weighted by Gasteiger charge is 2.15. The second-order valence-corrected chi connectivity index (χ2v) is 6.48. The first-order valence-electron chi connectivity index (χ1n) is 8.82. The molecule has 0 unspecified atom stereocenters. The fourth-order valence-electron chi connectivity index (χ4n) is 3.32. The van der Waals surface area contributed by atoms with Crippen molar-refractivity contribution in [2.24, 2.45) is 0 Å². The first-order valence-corrected chi connectivity index (χ1v) is 8.82. The lowest BCUT2D eigenvalue weighted by molar-refractivity contribution is 0.398. The molecular formula is C21H14FN5O2. The van der Waals surface area contributed by atoms with E-state index in [1.807, 2.05) is 24.3 Å². The van der Waals surface area contributed by atoms with Crippen LogP contribution in [0.25, 0.3) is 38.8 Å². The van der Waals surface area contributed by atoms with E-state index in [0.717, 1.165) is 16.5 Å². The van der Waals surface area contributed by atoms with Crippen molar-refractivity contribution in [3.05, 3.63) is 77.0 Å². The van der Waals surface area contributed by atoms with Crippen molar-refractivity contribution in [1.82, 2.24) is 25.0 Å². The number of nitrogens with zero attached hydrogens (tertiary/aromatic N) is 4. The van der Waals surface area contributed by atoms with Crippen LogP contribution >= 0.6 is 0 Å². The number of rotatable bonds is 3. The van der Waals surface area contributed by atoms with E-state index in [2.05, 4.69) is 20.3 Å². The molecule has 0 atom stereocenters. The van der Waals surface area contributed by atoms with Gasteiger partial charge < -0.3 is 9.72 Å². The lowest BCUT2D eigenvalue weighted by atomic mass is 10.0. The van der Waals surface area contributed by atoms with Gasteiger partial charge in [-0.1, -0.05) is 11.3 Å². The highest BCUT2D eigenvalue weighted by molar-refractivity contribution is 6.03. The molecule has 1 N–H and O–H groups in total. The summed E-state index contributed by atoms with van der Waals surface area (Å²) in [5.74, 6) is 0.176. The molecule has 7 nitrogen and oxygen atoms in total. The van der Waals surface area contributed by atoms with Gasteiger partial charge in [-0.05, 0) is 48.0 Å². The fourth-order valence-corrected chi connectivity index (χ4v) is 3.32. The lowest BCUT2D eigenvalue weighted by Crippen LogP contribution is -2.07. The van der Waals surface area contributed by atoms with Gasteiger partial charge in [-0.3, -0.25) is 4.79 Å². The number of benzene rings is 2. The number of methoxy groups -OCH3 is 1. The summed E-state index contributed by atoms with van der Waals surface area (Å²) in [4.78, 5) is 19.5. The first kappa shape index (κ1) is 17.1. The van der Waals surface area contributed by atoms with Crippen LogP contribution in [0.3, 0.4) is 0 Å². The fraction of sp³-hybridized carbons (Fsp3) is 0.0476. The number of halogens is 1. The summed E-state index contributed by atoms with van der Waals surface area (Å²) < 4.78 is 20.0. The molecule has 0 aliphatic rings. The normalized spacial score (nSPS) is 11.2. The van der Waals surface area contributed by atoms with Gasteiger partial charge in [-0.2, -0.15) is 0 Å². The van der Waals surface area contributed by atoms with Crippen LogP contribution in [-0.4, -0.2) is 32.1 Å². The zero-order valence-electron chi connectivity index (χ0n) is 15.3. The molecule has 3 heterocycles. The number of hydrogen-bond acceptors (Lipinski definition) is 5. The predicted molar refractivity (Wildman–Crippen MR) is 107 cm³/mol. The van der Waals surface area contributed by atoms with Crippen molar-refractivity contribution in [2.75, 3.05) is 7.11 Å². The molecule has 2 aromatic carbocycles. The largest absolute Gasteiger partial charge is 0.481 e. The molecule has 0 saturated heterocycles. The van der Waals surface area contributed by atoms with Crippen LogP contribution in [0, 0.1) is 5.82 Å². The highest BCUT2D eigenvalue weighted by Crippen LogP contribution is 2.28. The van der Waals surface area contributed by atoms with Crippen LogP contribution in [0.2, 0.25) is 0 Å². The molecule has 0 bridgehead atoms. The molecular weight excluding hydrogens is 373 g/mol. The third kappa shape index (κ3) is 2.82. The van der Waals surface area contributed by atoms with Crippen LogP contribution in [0.1, 0.15) is 0 Å². The summed E-state index contributed by atoms with van der Waals surface area (Å²) >= 11 is 0. The Bertz CT molecular complexity index is 1410. The van der Waals surface area contributed by atoms with E-state index >= 15 is 0 Å². The molecule has 5 rings (SSSR count). The maximum absolute atomic E-state index is 13.3. The molecule has 142 valence electrons. The van der Waals surface area contributed by atoms with Crippen LogP contribution in [0.4, 0.5) is 4.39 Å². The number of H-pyrrole nitrogens is 1. The number of ether oxygens (including phenoxy) is 1. The Morgan fingerprint density at radius 1 is 1.03 bits per heavy atom. The van der Waals surface area contributed by atoms with E-state index in [0.29, 0.717) is 22.6 Å². The molecule has 0 aliphatic carbocycles. The summed E-state index contributed by atoms with van der Waals surface area (Å²) in [5.41, 5.74) is 3.50. The Morgan fingerprint density at radius 2 is 1.83 bits per heavy atom. The molecule has 0 aliphatic heterocycles. The van der Waals surface area contributed by atoms with E-state index in [9.17, 15) is 9.18 Å². The molecule has 0 spiro atoms. The molecule has 8 heteroatoms. The van der Waals surface area contributed by atoms with E-state index in [1.165, 1.54) is 12.1 Å². The number of aromatic nitrogens is 5. The number of pyridine rings is 2. The number of fused-ring (bicyclic) bond motifs is 3. The molecule has 3 aromatic heterocycles. The topological polar surface area (TPSA) is 85.7 Å². The standard InChI is InChI=1S/C21H14FN5O2/c1-29-18-9-3-13(11-23-18)12-2-8-17-16(10-12)20-19(21(28)24-17)25-26-27(20)15-6-4-14(22)5-7-15/h2-11H,1H3,(H,24,28). The van der Waals surface area contributed by atoms with Gasteiger partial charge in [0.1, 0.15) is 11.3 Å². The van der Waals surface area contributed by atoms with Crippen LogP contribution < -0.4 is 10.3 Å². The molecule has 0 saturated carbocycles. The van der Waals surface area contributed by atoms with Gasteiger partial charge in [-0.25, -0.2) is 14.1 Å². The van der Waals surface area contributed by atoms with E-state index in [1.54, 1.807) is 36.2 Å². The molecule has 0 radical (unpaired) electrons. The van der Waals surface area contributed by atoms with Gasteiger partial charge in [0.2, 0.25) is 5.88 Å². The Balaban J connectivity index is 1.78. The zero-order chi connectivity index (χ0) is 20.0. The predicted octanol–water partition coefficient (Wildman–Crippen LogP) is 3.47. The molecule has 0 amide bonds. The van der Waals surface area contributed by atoms with Crippen LogP contribution in [0.15, 0.2) is 65.6 Å². The molecule has 0 fully saturated rings. The van der Waals surface area contributed by atoms with Crippen molar-refractivity contribution in [3.63, 3.8) is 0 Å². The average Bonchev–Trinajstić information content (AvgIpc) is 3.20. The number of hydrogen-bond donors (Lipinski definition) is 1. The summed E-state index contributed by atoms with van der Waals surface area (Å²) in [6.45, 7) is 0. The maximum Gasteiger partial charge on any atom is 0.278 e. The number of aromatic amines is 1. The van der Waals surface area contributed by atoms with E-state index in [4.69, 9.17) is 4.74 Å². The summed E-state index contributed by atoms with van der Waals surface area (Å²) in [5, 5.41) is 8.93. The third-order valence-corrected chi connectivity index (χ3v) is 4.76. The monoisotopic (exact) mass is 387 g/mol. The Hall–Kier alpha value is -4.07. The smallest absolute Gasteiger partial charge is 0.278 e. The van der Waals surface area contributed by atoms with Gasteiger partial charge in [0.15, 0.2) is 5.52 Å². The van der Waals surface area contributed by atoms with Crippen molar-refractivity contribution in [2.45, 2.75) is 0 Å². The SMILES string of the molecule is COc1ccc(-c2ccc3[nH]c(=O)c4nnn(-c5ccc(F)cc5)c4c3c2)cn1. The van der Waals surface area contributed by atoms with Gasteiger partial charge in [-0.15, -0.1) is 5.10 Å². The Morgan fingerprint density at radius 3 is 2.55 bits per heavy atom. The van der Waals surface area contributed by atoms with Crippen molar-refractivity contribution in [1.29, 1.82) is 0 Å². The van der Waals surface area contributed by atoms with E-state index < -0.39 is 0 Å². The van der Waals surface area contributed by atoms with Gasteiger partial charge >= 0.3 is 0 Å². The second kappa shape index (κ2) is 6.52. The summed E-state index contributed by atoms with van der Waals surface area (Å²) in [6, 6.07) is 15.2. The second-order valence-electron chi connectivity index (χ2n) is 6.48. The van der Waals surface area contributed by atoms with E-state index in [-0.39, 0.29) is 16.9 Å². The summed E-state index contributed by atoms with van der Waals surface area (Å²) in [6.07, 6.45) is 1.72. The third-order valence-electron chi connectivity index (χ3n) is 4.76. The van der Waals surface area contributed by atoms with Gasteiger partial charge in [0.25, 0.3) is 5.56 Å². The quantitative estimate of drug-likeness (QED) is 0.512. The zero-order valence-corrected chi connectivity index (χ0v) is 15.3. The highest BCUT2D eigenvalue weighted by atomic mass is 19.1. The van der Waals surface area contributed by atoms with Crippen molar-refractivity contribution in [3.8, 4) is 22.7 Å². The minimum absolute atomic E-state index is 0.215. The lowest BCUT2D eigenvalue weighted by Gasteiger charge is -2.08. The van der Waals surface area contributed by atoms with Gasteiger partial charge in [0, 0.05) is 23.2 Å². The number of nitrogens with one attached hydrogen (secondary N) is 1. The van der Waals surface area contributed by atoms with Crippen LogP contribution in [0.5, 0.6) is 5.88 Å².